The molecule has 0 radical (unpaired) electrons. The molecule has 7 heteroatoms. The molecule has 2 heterocycles. The van der Waals surface area contributed by atoms with Gasteiger partial charge in [-0.1, -0.05) is 71.9 Å². The summed E-state index contributed by atoms with van der Waals surface area (Å²) in [5, 5.41) is 0.611. The van der Waals surface area contributed by atoms with Crippen LogP contribution >= 0.6 is 11.8 Å². The van der Waals surface area contributed by atoms with E-state index >= 15 is 0 Å². The zero-order valence-corrected chi connectivity index (χ0v) is 18.0. The molecule has 0 N–H and O–H groups in total. The van der Waals surface area contributed by atoms with Gasteiger partial charge in [-0.15, -0.1) is 0 Å². The third-order valence-electron chi connectivity index (χ3n) is 5.34. The van der Waals surface area contributed by atoms with E-state index in [1.54, 1.807) is 0 Å². The van der Waals surface area contributed by atoms with Crippen LogP contribution in [0.3, 0.4) is 0 Å². The topological polar surface area (TPSA) is 66.8 Å². The van der Waals surface area contributed by atoms with Crippen molar-refractivity contribution in [2.75, 3.05) is 11.5 Å². The van der Waals surface area contributed by atoms with Crippen molar-refractivity contribution in [3.63, 3.8) is 0 Å². The van der Waals surface area contributed by atoms with Crippen molar-refractivity contribution in [2.24, 2.45) is 4.99 Å². The number of hydrogen-bond acceptors (Lipinski definition) is 4. The third-order valence-corrected chi connectivity index (χ3v) is 8.59. The van der Waals surface area contributed by atoms with Gasteiger partial charge < -0.3 is 4.90 Å². The number of rotatable bonds is 5. The smallest absolute Gasteiger partial charge is 0.248 e. The van der Waals surface area contributed by atoms with Gasteiger partial charge in [0.1, 0.15) is 0 Å². The van der Waals surface area contributed by atoms with Crippen LogP contribution < -0.4 is 0 Å². The second kappa shape index (κ2) is 8.32. The highest BCUT2D eigenvalue weighted by Gasteiger charge is 2.48. The van der Waals surface area contributed by atoms with Crippen molar-refractivity contribution < 1.29 is 13.2 Å². The lowest BCUT2D eigenvalue weighted by Crippen LogP contribution is -2.37. The van der Waals surface area contributed by atoms with E-state index < -0.39 is 9.84 Å². The molecule has 2 aliphatic heterocycles. The second-order valence-corrected chi connectivity index (χ2v) is 11.0. The van der Waals surface area contributed by atoms with Gasteiger partial charge in [0.25, 0.3) is 0 Å². The Balaban J connectivity index is 1.51. The summed E-state index contributed by atoms with van der Waals surface area (Å²) >= 11 is 1.44. The van der Waals surface area contributed by atoms with Gasteiger partial charge in [0.15, 0.2) is 15.0 Å². The van der Waals surface area contributed by atoms with Gasteiger partial charge in [-0.3, -0.25) is 4.79 Å². The number of hydrogen-bond donors (Lipinski definition) is 0. The fourth-order valence-corrected chi connectivity index (χ4v) is 7.74. The van der Waals surface area contributed by atoms with Crippen molar-refractivity contribution in [3.05, 3.63) is 71.3 Å². The van der Waals surface area contributed by atoms with Gasteiger partial charge in [0, 0.05) is 18.2 Å². The summed E-state index contributed by atoms with van der Waals surface area (Å²) in [6.07, 6.45) is 1.00. The van der Waals surface area contributed by atoms with E-state index in [1.807, 2.05) is 66.4 Å². The molecule has 29 heavy (non-hydrogen) atoms. The minimum Gasteiger partial charge on any atom is -0.342 e. The molecule has 0 aliphatic carbocycles. The Morgan fingerprint density at radius 3 is 2.52 bits per heavy atom. The normalized spacial score (nSPS) is 24.0. The average Bonchev–Trinajstić information content (AvgIpc) is 3.15. The molecule has 1 amide bonds. The number of sulfone groups is 1. The number of carbonyl (C=O) groups is 1. The molecule has 2 aromatic rings. The molecular weight excluding hydrogens is 404 g/mol. The average molecular weight is 429 g/mol. The Bertz CT molecular complexity index is 1020. The van der Waals surface area contributed by atoms with Crippen molar-refractivity contribution in [2.45, 2.75) is 37.6 Å². The Kier molecular flexibility index (Phi) is 5.79. The largest absolute Gasteiger partial charge is 0.342 e. The van der Waals surface area contributed by atoms with Gasteiger partial charge in [0.2, 0.25) is 5.91 Å². The van der Waals surface area contributed by atoms with Gasteiger partial charge >= 0.3 is 0 Å². The minimum absolute atomic E-state index is 0.0499. The van der Waals surface area contributed by atoms with Crippen molar-refractivity contribution in [1.82, 2.24) is 4.90 Å². The Morgan fingerprint density at radius 2 is 1.79 bits per heavy atom. The Morgan fingerprint density at radius 1 is 1.07 bits per heavy atom. The van der Waals surface area contributed by atoms with Crippen molar-refractivity contribution in [1.29, 1.82) is 0 Å². The van der Waals surface area contributed by atoms with E-state index in [9.17, 15) is 13.2 Å². The molecule has 152 valence electrons. The molecule has 2 aliphatic rings. The van der Waals surface area contributed by atoms with E-state index in [4.69, 9.17) is 0 Å². The number of carbonyl (C=O) groups excluding carboxylic acids is 1. The summed E-state index contributed by atoms with van der Waals surface area (Å²) in [4.78, 5) is 18.9. The molecular formula is C22H24N2O3S2. The molecule has 2 aromatic carbocycles. The van der Waals surface area contributed by atoms with Crippen LogP contribution in [0.15, 0.2) is 59.6 Å². The summed E-state index contributed by atoms with van der Waals surface area (Å²) in [5.41, 5.74) is 3.38. The summed E-state index contributed by atoms with van der Waals surface area (Å²) in [6.45, 7) is 2.60. The van der Waals surface area contributed by atoms with Gasteiger partial charge in [0.05, 0.1) is 17.5 Å². The van der Waals surface area contributed by atoms with Crippen LogP contribution in [0.5, 0.6) is 0 Å². The zero-order chi connectivity index (χ0) is 20.4. The first-order valence-electron chi connectivity index (χ1n) is 9.74. The molecule has 4 rings (SSSR count). The lowest BCUT2D eigenvalue weighted by molar-refractivity contribution is -0.117. The fraction of sp³-hybridized carbons (Fsp3) is 0.364. The quantitative estimate of drug-likeness (QED) is 0.732. The number of aliphatic imine (C=N–C) groups is 1. The van der Waals surface area contributed by atoms with Crippen LogP contribution in [0, 0.1) is 6.92 Å². The van der Waals surface area contributed by atoms with Gasteiger partial charge in [-0.05, 0) is 24.5 Å². The van der Waals surface area contributed by atoms with Crippen LogP contribution in [0.1, 0.15) is 23.1 Å². The van der Waals surface area contributed by atoms with Crippen LogP contribution in [-0.2, 0) is 27.6 Å². The van der Waals surface area contributed by atoms with Crippen LogP contribution in [0.25, 0.3) is 0 Å². The summed E-state index contributed by atoms with van der Waals surface area (Å²) in [5.74, 6) is 0.130. The monoisotopic (exact) mass is 428 g/mol. The first-order chi connectivity index (χ1) is 13.9. The lowest BCUT2D eigenvalue weighted by Gasteiger charge is -2.24. The predicted molar refractivity (Wildman–Crippen MR) is 118 cm³/mol. The molecule has 0 aromatic heterocycles. The molecule has 0 unspecified atom stereocenters. The zero-order valence-electron chi connectivity index (χ0n) is 16.3. The summed E-state index contributed by atoms with van der Waals surface area (Å²) in [6, 6.07) is 18.0. The number of thioether (sulfide) groups is 1. The third kappa shape index (κ3) is 4.90. The Hall–Kier alpha value is -2.12. The highest BCUT2D eigenvalue weighted by molar-refractivity contribution is 8.15. The van der Waals surface area contributed by atoms with Crippen LogP contribution in [-0.4, -0.2) is 47.2 Å². The summed E-state index contributed by atoms with van der Waals surface area (Å²) in [7, 11) is -3.04. The predicted octanol–water partition coefficient (Wildman–Crippen LogP) is 3.22. The van der Waals surface area contributed by atoms with E-state index in [-0.39, 0.29) is 28.7 Å². The molecule has 2 atom stereocenters. The first kappa shape index (κ1) is 20.2. The Labute approximate surface area is 176 Å². The number of nitrogens with zero attached hydrogens (tertiary/aromatic N) is 2. The fourth-order valence-electron chi connectivity index (χ4n) is 3.77. The second-order valence-electron chi connectivity index (χ2n) is 7.69. The molecule has 0 spiro atoms. The molecule has 5 nitrogen and oxygen atoms in total. The molecule has 0 saturated carbocycles. The first-order valence-corrected chi connectivity index (χ1v) is 12.4. The number of fused-ring (bicyclic) bond motifs is 1. The van der Waals surface area contributed by atoms with E-state index in [0.717, 1.165) is 11.1 Å². The maximum atomic E-state index is 12.5. The van der Waals surface area contributed by atoms with Crippen molar-refractivity contribution in [3.8, 4) is 0 Å². The lowest BCUT2D eigenvalue weighted by atomic mass is 10.1. The van der Waals surface area contributed by atoms with Crippen LogP contribution in [0.2, 0.25) is 0 Å². The summed E-state index contributed by atoms with van der Waals surface area (Å²) < 4.78 is 24.3. The minimum atomic E-state index is -3.04. The standard InChI is InChI=1S/C22H24N2O3S2/c1-16-7-9-18(10-8-16)13-24-19-14-29(26,27)15-20(19)28-22(24)23-21(25)12-11-17-5-3-2-4-6-17/h2-10,19-20H,11-15H2,1H3/t19-,20+/m0/s1. The molecule has 0 bridgehead atoms. The number of benzene rings is 2. The molecule has 2 fully saturated rings. The van der Waals surface area contributed by atoms with E-state index in [2.05, 4.69) is 4.99 Å². The highest BCUT2D eigenvalue weighted by atomic mass is 32.2. The van der Waals surface area contributed by atoms with E-state index in [0.29, 0.717) is 24.6 Å². The van der Waals surface area contributed by atoms with Gasteiger partial charge in [-0.25, -0.2) is 8.42 Å². The molecule has 2 saturated heterocycles. The van der Waals surface area contributed by atoms with Crippen molar-refractivity contribution >= 4 is 32.7 Å². The number of amidine groups is 1. The number of amides is 1. The highest BCUT2D eigenvalue weighted by Crippen LogP contribution is 2.39. The maximum Gasteiger partial charge on any atom is 0.248 e. The maximum absolute atomic E-state index is 12.5. The van der Waals surface area contributed by atoms with Gasteiger partial charge in [-0.2, -0.15) is 4.99 Å². The van der Waals surface area contributed by atoms with Crippen LogP contribution in [0.4, 0.5) is 0 Å². The SMILES string of the molecule is Cc1ccc(CN2C(=NC(=O)CCc3ccccc3)S[C@@H]3CS(=O)(=O)C[C@@H]32)cc1. The number of aryl methyl sites for hydroxylation is 2. The van der Waals surface area contributed by atoms with E-state index in [1.165, 1.54) is 17.3 Å².